The molecule has 0 spiro atoms. The zero-order valence-corrected chi connectivity index (χ0v) is 9.31. The van der Waals surface area contributed by atoms with E-state index in [1.807, 2.05) is 7.05 Å². The molecule has 0 bridgehead atoms. The Kier molecular flexibility index (Phi) is 4.94. The first-order chi connectivity index (χ1) is 6.77. The first kappa shape index (κ1) is 11.5. The van der Waals surface area contributed by atoms with Crippen molar-refractivity contribution in [3.8, 4) is 0 Å². The van der Waals surface area contributed by atoms with Gasteiger partial charge in [-0.15, -0.1) is 0 Å². The standard InChI is InChI=1S/C11H22N2O/c1-3-4-8-10(12-2)11(14)13-9-6-5-7-9/h9-10,12H,3-8H2,1-2H3,(H,13,14). The molecule has 1 rings (SSSR count). The summed E-state index contributed by atoms with van der Waals surface area (Å²) in [5.41, 5.74) is 0. The van der Waals surface area contributed by atoms with E-state index in [0.717, 1.165) is 32.1 Å². The van der Waals surface area contributed by atoms with Gasteiger partial charge in [-0.2, -0.15) is 0 Å². The van der Waals surface area contributed by atoms with Gasteiger partial charge >= 0.3 is 0 Å². The molecular weight excluding hydrogens is 176 g/mol. The zero-order valence-electron chi connectivity index (χ0n) is 9.31. The summed E-state index contributed by atoms with van der Waals surface area (Å²) in [5.74, 6) is 0.186. The van der Waals surface area contributed by atoms with Crippen LogP contribution in [-0.2, 0) is 4.79 Å². The fourth-order valence-corrected chi connectivity index (χ4v) is 1.67. The largest absolute Gasteiger partial charge is 0.352 e. The van der Waals surface area contributed by atoms with Crippen LogP contribution in [-0.4, -0.2) is 25.0 Å². The number of carbonyl (C=O) groups is 1. The van der Waals surface area contributed by atoms with Crippen molar-refractivity contribution in [2.45, 2.75) is 57.5 Å². The van der Waals surface area contributed by atoms with Gasteiger partial charge in [-0.1, -0.05) is 19.8 Å². The van der Waals surface area contributed by atoms with Gasteiger partial charge in [0, 0.05) is 6.04 Å². The van der Waals surface area contributed by atoms with Gasteiger partial charge in [0.05, 0.1) is 6.04 Å². The summed E-state index contributed by atoms with van der Waals surface area (Å²) >= 11 is 0. The smallest absolute Gasteiger partial charge is 0.237 e. The molecule has 0 heterocycles. The van der Waals surface area contributed by atoms with Gasteiger partial charge in [0.25, 0.3) is 0 Å². The van der Waals surface area contributed by atoms with Gasteiger partial charge in [0.15, 0.2) is 0 Å². The van der Waals surface area contributed by atoms with E-state index in [0.29, 0.717) is 6.04 Å². The van der Waals surface area contributed by atoms with Crippen LogP contribution >= 0.6 is 0 Å². The fraction of sp³-hybridized carbons (Fsp3) is 0.909. The highest BCUT2D eigenvalue weighted by Crippen LogP contribution is 2.18. The van der Waals surface area contributed by atoms with Crippen LogP contribution in [0.4, 0.5) is 0 Å². The fourth-order valence-electron chi connectivity index (χ4n) is 1.67. The SMILES string of the molecule is CCCCC(NC)C(=O)NC1CCC1. The third-order valence-electron chi connectivity index (χ3n) is 2.96. The van der Waals surface area contributed by atoms with E-state index in [-0.39, 0.29) is 11.9 Å². The number of amides is 1. The minimum absolute atomic E-state index is 0.00977. The number of hydrogen-bond donors (Lipinski definition) is 2. The van der Waals surface area contributed by atoms with Crippen molar-refractivity contribution in [2.24, 2.45) is 0 Å². The van der Waals surface area contributed by atoms with Crippen LogP contribution in [0.25, 0.3) is 0 Å². The molecule has 1 amide bonds. The normalized spacial score (nSPS) is 18.7. The Labute approximate surface area is 86.6 Å². The highest BCUT2D eigenvalue weighted by Gasteiger charge is 2.23. The summed E-state index contributed by atoms with van der Waals surface area (Å²) in [4.78, 5) is 11.7. The summed E-state index contributed by atoms with van der Waals surface area (Å²) in [7, 11) is 1.86. The molecule has 0 aromatic heterocycles. The quantitative estimate of drug-likeness (QED) is 0.678. The Bertz CT molecular complexity index is 178. The zero-order chi connectivity index (χ0) is 10.4. The first-order valence-corrected chi connectivity index (χ1v) is 5.75. The van der Waals surface area contributed by atoms with E-state index >= 15 is 0 Å². The van der Waals surface area contributed by atoms with Crippen molar-refractivity contribution in [1.82, 2.24) is 10.6 Å². The highest BCUT2D eigenvalue weighted by atomic mass is 16.2. The topological polar surface area (TPSA) is 41.1 Å². The molecule has 3 nitrogen and oxygen atoms in total. The average molecular weight is 198 g/mol. The van der Waals surface area contributed by atoms with Crippen LogP contribution in [0.2, 0.25) is 0 Å². The molecule has 1 saturated carbocycles. The number of hydrogen-bond acceptors (Lipinski definition) is 2. The molecule has 14 heavy (non-hydrogen) atoms. The van der Waals surface area contributed by atoms with Crippen molar-refractivity contribution >= 4 is 5.91 Å². The maximum absolute atomic E-state index is 11.7. The van der Waals surface area contributed by atoms with Gasteiger partial charge in [-0.25, -0.2) is 0 Å². The summed E-state index contributed by atoms with van der Waals surface area (Å²) in [6.45, 7) is 2.15. The monoisotopic (exact) mass is 198 g/mol. The lowest BCUT2D eigenvalue weighted by atomic mass is 9.92. The Hall–Kier alpha value is -0.570. The van der Waals surface area contributed by atoms with Crippen molar-refractivity contribution < 1.29 is 4.79 Å². The van der Waals surface area contributed by atoms with E-state index in [4.69, 9.17) is 0 Å². The lowest BCUT2D eigenvalue weighted by molar-refractivity contribution is -0.124. The molecule has 1 fully saturated rings. The van der Waals surface area contributed by atoms with Gasteiger partial charge in [0.2, 0.25) is 5.91 Å². The predicted molar refractivity (Wildman–Crippen MR) is 58.2 cm³/mol. The summed E-state index contributed by atoms with van der Waals surface area (Å²) in [6.07, 6.45) is 6.81. The summed E-state index contributed by atoms with van der Waals surface area (Å²) < 4.78 is 0. The average Bonchev–Trinajstić information content (AvgIpc) is 2.13. The Morgan fingerprint density at radius 2 is 2.21 bits per heavy atom. The van der Waals surface area contributed by atoms with Crippen molar-refractivity contribution in [3.05, 3.63) is 0 Å². The summed E-state index contributed by atoms with van der Waals surface area (Å²) in [6, 6.07) is 0.468. The van der Waals surface area contributed by atoms with Crippen LogP contribution in [0.3, 0.4) is 0 Å². The Morgan fingerprint density at radius 3 is 2.64 bits per heavy atom. The molecule has 1 aliphatic rings. The highest BCUT2D eigenvalue weighted by molar-refractivity contribution is 5.82. The van der Waals surface area contributed by atoms with E-state index in [1.54, 1.807) is 0 Å². The minimum Gasteiger partial charge on any atom is -0.352 e. The van der Waals surface area contributed by atoms with Crippen LogP contribution < -0.4 is 10.6 Å². The molecule has 0 radical (unpaired) electrons. The molecular formula is C11H22N2O. The Balaban J connectivity index is 2.23. The molecule has 0 aromatic carbocycles. The summed E-state index contributed by atoms with van der Waals surface area (Å²) in [5, 5.41) is 6.15. The molecule has 2 N–H and O–H groups in total. The molecule has 1 aliphatic carbocycles. The van der Waals surface area contributed by atoms with E-state index in [2.05, 4.69) is 17.6 Å². The molecule has 0 aliphatic heterocycles. The van der Waals surface area contributed by atoms with Crippen molar-refractivity contribution in [2.75, 3.05) is 7.05 Å². The lowest BCUT2D eigenvalue weighted by Gasteiger charge is -2.28. The van der Waals surface area contributed by atoms with E-state index < -0.39 is 0 Å². The number of rotatable bonds is 6. The molecule has 0 saturated heterocycles. The molecule has 3 heteroatoms. The predicted octanol–water partition coefficient (Wildman–Crippen LogP) is 1.43. The number of likely N-dealkylation sites (N-methyl/N-ethyl adjacent to an activating group) is 1. The van der Waals surface area contributed by atoms with Crippen LogP contribution in [0.15, 0.2) is 0 Å². The first-order valence-electron chi connectivity index (χ1n) is 5.75. The van der Waals surface area contributed by atoms with Gasteiger partial charge in [-0.05, 0) is 32.7 Å². The van der Waals surface area contributed by atoms with Crippen LogP contribution in [0.1, 0.15) is 45.4 Å². The van der Waals surface area contributed by atoms with Gasteiger partial charge < -0.3 is 10.6 Å². The van der Waals surface area contributed by atoms with Crippen molar-refractivity contribution in [1.29, 1.82) is 0 Å². The second-order valence-electron chi connectivity index (χ2n) is 4.12. The lowest BCUT2D eigenvalue weighted by Crippen LogP contribution is -2.48. The van der Waals surface area contributed by atoms with E-state index in [1.165, 1.54) is 6.42 Å². The maximum Gasteiger partial charge on any atom is 0.237 e. The minimum atomic E-state index is 0.00977. The van der Waals surface area contributed by atoms with Crippen molar-refractivity contribution in [3.63, 3.8) is 0 Å². The van der Waals surface area contributed by atoms with Crippen LogP contribution in [0, 0.1) is 0 Å². The second kappa shape index (κ2) is 6.02. The van der Waals surface area contributed by atoms with Crippen LogP contribution in [0.5, 0.6) is 0 Å². The van der Waals surface area contributed by atoms with Gasteiger partial charge in [-0.3, -0.25) is 4.79 Å². The molecule has 0 aromatic rings. The van der Waals surface area contributed by atoms with Gasteiger partial charge in [0.1, 0.15) is 0 Å². The third kappa shape index (κ3) is 3.29. The molecule has 82 valence electrons. The third-order valence-corrected chi connectivity index (χ3v) is 2.96. The molecule has 1 unspecified atom stereocenters. The number of carbonyl (C=O) groups excluding carboxylic acids is 1. The number of nitrogens with one attached hydrogen (secondary N) is 2. The maximum atomic E-state index is 11.7. The van der Waals surface area contributed by atoms with E-state index in [9.17, 15) is 4.79 Å². The number of unbranched alkanes of at least 4 members (excludes halogenated alkanes) is 1. The Morgan fingerprint density at radius 1 is 1.50 bits per heavy atom. The molecule has 1 atom stereocenters. The second-order valence-corrected chi connectivity index (χ2v) is 4.12.